The topological polar surface area (TPSA) is 66.2 Å². The van der Waals surface area contributed by atoms with Crippen LogP contribution in [0.15, 0.2) is 30.7 Å². The third kappa shape index (κ3) is 4.10. The van der Waals surface area contributed by atoms with E-state index in [9.17, 15) is 9.18 Å². The zero-order chi connectivity index (χ0) is 16.8. The maximum absolute atomic E-state index is 13.9. The zero-order valence-corrected chi connectivity index (χ0v) is 13.5. The van der Waals surface area contributed by atoms with E-state index in [1.165, 1.54) is 10.9 Å². The average Bonchev–Trinajstić information content (AvgIpc) is 2.96. The van der Waals surface area contributed by atoms with Crippen LogP contribution in [0.5, 0.6) is 0 Å². The molecule has 0 aromatic carbocycles. The predicted molar refractivity (Wildman–Crippen MR) is 84.5 cm³/mol. The maximum atomic E-state index is 13.9. The third-order valence-corrected chi connectivity index (χ3v) is 3.58. The summed E-state index contributed by atoms with van der Waals surface area (Å²) in [6.07, 6.45) is 3.38. The molecule has 8 heteroatoms. The number of hydrogen-bond donors (Lipinski definition) is 0. The smallest absolute Gasteiger partial charge is 0.362 e. The lowest BCUT2D eigenvalue weighted by Gasteiger charge is -2.15. The molecule has 6 nitrogen and oxygen atoms in total. The molecule has 23 heavy (non-hydrogen) atoms. The molecule has 0 unspecified atom stereocenters. The number of pyridine rings is 1. The molecule has 0 fully saturated rings. The Morgan fingerprint density at radius 1 is 1.39 bits per heavy atom. The average molecular weight is 337 g/mol. The van der Waals surface area contributed by atoms with E-state index in [1.54, 1.807) is 25.3 Å². The third-order valence-electron chi connectivity index (χ3n) is 3.17. The summed E-state index contributed by atoms with van der Waals surface area (Å²) in [6.45, 7) is 3.23. The van der Waals surface area contributed by atoms with Crippen LogP contribution in [0.2, 0.25) is 0 Å². The van der Waals surface area contributed by atoms with Gasteiger partial charge in [-0.15, -0.1) is 0 Å². The summed E-state index contributed by atoms with van der Waals surface area (Å²) in [5.74, 6) is -1.78. The highest BCUT2D eigenvalue weighted by molar-refractivity contribution is 7.80. The standard InChI is InChI=1S/C15H16FN3O3S/c1-3-12(23)21-9-22-15(20)13-14(16)18-8-19(13)10(2)11-6-4-5-7-17-11/h4-8,10H,3,9H2,1-2H3/t10-/m1/s1. The molecular weight excluding hydrogens is 321 g/mol. The van der Waals surface area contributed by atoms with Crippen molar-refractivity contribution in [1.82, 2.24) is 14.5 Å². The number of halogens is 1. The first kappa shape index (κ1) is 17.0. The Morgan fingerprint density at radius 3 is 2.83 bits per heavy atom. The summed E-state index contributed by atoms with van der Waals surface area (Å²) in [4.78, 5) is 19.8. The van der Waals surface area contributed by atoms with Crippen molar-refractivity contribution in [1.29, 1.82) is 0 Å². The minimum Gasteiger partial charge on any atom is -0.451 e. The van der Waals surface area contributed by atoms with E-state index >= 15 is 0 Å². The molecule has 0 saturated carbocycles. The SMILES string of the molecule is CCC(=S)OCOC(=O)c1c(F)ncn1[C@H](C)c1ccccn1. The Hall–Kier alpha value is -2.35. The van der Waals surface area contributed by atoms with Gasteiger partial charge in [0.1, 0.15) is 0 Å². The lowest BCUT2D eigenvalue weighted by molar-refractivity contribution is 0.0102. The second-order valence-corrected chi connectivity index (χ2v) is 5.10. The number of esters is 1. The van der Waals surface area contributed by atoms with Gasteiger partial charge in [0.05, 0.1) is 18.1 Å². The maximum Gasteiger partial charge on any atom is 0.362 e. The summed E-state index contributed by atoms with van der Waals surface area (Å²) in [6, 6.07) is 4.98. The number of carbonyl (C=O) groups is 1. The van der Waals surface area contributed by atoms with Crippen molar-refractivity contribution in [2.45, 2.75) is 26.3 Å². The first-order valence-corrected chi connectivity index (χ1v) is 7.41. The number of rotatable bonds is 6. The van der Waals surface area contributed by atoms with E-state index in [1.807, 2.05) is 13.0 Å². The molecule has 0 spiro atoms. The largest absolute Gasteiger partial charge is 0.451 e. The van der Waals surface area contributed by atoms with Gasteiger partial charge in [0, 0.05) is 12.6 Å². The van der Waals surface area contributed by atoms with Gasteiger partial charge in [0.25, 0.3) is 0 Å². The van der Waals surface area contributed by atoms with Gasteiger partial charge in [-0.05, 0) is 31.3 Å². The number of carbonyl (C=O) groups excluding carboxylic acids is 1. The van der Waals surface area contributed by atoms with Crippen molar-refractivity contribution in [2.24, 2.45) is 0 Å². The molecule has 1 atom stereocenters. The number of aromatic nitrogens is 3. The Labute approximate surface area is 138 Å². The van der Waals surface area contributed by atoms with E-state index in [0.29, 0.717) is 17.2 Å². The molecule has 122 valence electrons. The van der Waals surface area contributed by atoms with E-state index in [4.69, 9.17) is 21.7 Å². The second-order valence-electron chi connectivity index (χ2n) is 4.64. The first-order valence-electron chi connectivity index (χ1n) is 7.00. The minimum atomic E-state index is -0.907. The number of ether oxygens (including phenoxy) is 2. The summed E-state index contributed by atoms with van der Waals surface area (Å²) in [5.41, 5.74) is 0.386. The van der Waals surface area contributed by atoms with Gasteiger partial charge in [-0.25, -0.2) is 9.78 Å². The van der Waals surface area contributed by atoms with Crippen LogP contribution >= 0.6 is 12.2 Å². The Balaban J connectivity index is 2.15. The van der Waals surface area contributed by atoms with Crippen LogP contribution in [0.3, 0.4) is 0 Å². The molecule has 0 radical (unpaired) electrons. The zero-order valence-electron chi connectivity index (χ0n) is 12.7. The van der Waals surface area contributed by atoms with E-state index in [2.05, 4.69) is 9.97 Å². The number of hydrogen-bond acceptors (Lipinski definition) is 6. The Bertz CT molecular complexity index is 691. The van der Waals surface area contributed by atoms with Crippen molar-refractivity contribution in [3.8, 4) is 0 Å². The molecule has 0 amide bonds. The fourth-order valence-corrected chi connectivity index (χ4v) is 1.95. The fraction of sp³-hybridized carbons (Fsp3) is 0.333. The predicted octanol–water partition coefficient (Wildman–Crippen LogP) is 2.89. The van der Waals surface area contributed by atoms with E-state index in [0.717, 1.165) is 0 Å². The van der Waals surface area contributed by atoms with Gasteiger partial charge < -0.3 is 14.0 Å². The van der Waals surface area contributed by atoms with E-state index < -0.39 is 11.9 Å². The molecule has 0 N–H and O–H groups in total. The van der Waals surface area contributed by atoms with Crippen molar-refractivity contribution >= 4 is 23.2 Å². The monoisotopic (exact) mass is 337 g/mol. The van der Waals surface area contributed by atoms with Crippen LogP contribution in [-0.2, 0) is 9.47 Å². The van der Waals surface area contributed by atoms with Crippen LogP contribution in [0.1, 0.15) is 42.5 Å². The highest BCUT2D eigenvalue weighted by Crippen LogP contribution is 2.20. The second kappa shape index (κ2) is 7.77. The van der Waals surface area contributed by atoms with Crippen molar-refractivity contribution in [2.75, 3.05) is 6.79 Å². The Morgan fingerprint density at radius 2 is 2.17 bits per heavy atom. The molecule has 2 heterocycles. The van der Waals surface area contributed by atoms with Gasteiger partial charge in [-0.2, -0.15) is 4.39 Å². The van der Waals surface area contributed by atoms with Crippen molar-refractivity contribution in [3.05, 3.63) is 48.1 Å². The lowest BCUT2D eigenvalue weighted by Crippen LogP contribution is -2.19. The molecule has 0 aliphatic carbocycles. The molecule has 2 aromatic heterocycles. The number of thiocarbonyl (C=S) groups is 1. The molecule has 0 aliphatic heterocycles. The summed E-state index contributed by atoms with van der Waals surface area (Å²) >= 11 is 4.85. The molecule has 0 aliphatic rings. The van der Waals surface area contributed by atoms with Crippen LogP contribution in [0.25, 0.3) is 0 Å². The highest BCUT2D eigenvalue weighted by Gasteiger charge is 2.24. The lowest BCUT2D eigenvalue weighted by atomic mass is 10.2. The van der Waals surface area contributed by atoms with Crippen molar-refractivity contribution in [3.63, 3.8) is 0 Å². The molecule has 2 rings (SSSR count). The molecule has 0 bridgehead atoms. The van der Waals surface area contributed by atoms with Crippen LogP contribution in [-0.4, -0.2) is 32.3 Å². The first-order chi connectivity index (χ1) is 11.0. The van der Waals surface area contributed by atoms with Crippen LogP contribution < -0.4 is 0 Å². The quantitative estimate of drug-likeness (QED) is 0.459. The van der Waals surface area contributed by atoms with Gasteiger partial charge in [-0.3, -0.25) is 4.98 Å². The molecule has 0 saturated heterocycles. The van der Waals surface area contributed by atoms with Crippen LogP contribution in [0.4, 0.5) is 4.39 Å². The van der Waals surface area contributed by atoms with E-state index in [-0.39, 0.29) is 18.5 Å². The van der Waals surface area contributed by atoms with Gasteiger partial charge in [-0.1, -0.05) is 13.0 Å². The fourth-order valence-electron chi connectivity index (χ4n) is 1.91. The summed E-state index contributed by atoms with van der Waals surface area (Å²) < 4.78 is 25.1. The molecule has 2 aromatic rings. The van der Waals surface area contributed by atoms with Crippen molar-refractivity contribution < 1.29 is 18.7 Å². The van der Waals surface area contributed by atoms with Gasteiger partial charge in [0.2, 0.25) is 12.7 Å². The van der Waals surface area contributed by atoms with Crippen LogP contribution in [0, 0.1) is 5.95 Å². The highest BCUT2D eigenvalue weighted by atomic mass is 32.1. The van der Waals surface area contributed by atoms with Gasteiger partial charge >= 0.3 is 5.97 Å². The summed E-state index contributed by atoms with van der Waals surface area (Å²) in [7, 11) is 0. The number of imidazole rings is 1. The molecular formula is C15H16FN3O3S. The van der Waals surface area contributed by atoms with Gasteiger partial charge in [0.15, 0.2) is 10.7 Å². The Kier molecular flexibility index (Phi) is 5.75. The number of nitrogens with zero attached hydrogens (tertiary/aromatic N) is 3. The normalized spacial score (nSPS) is 11.8. The summed E-state index contributed by atoms with van der Waals surface area (Å²) in [5, 5.41) is 0.314. The minimum absolute atomic E-state index is 0.283.